The second-order valence-electron chi connectivity index (χ2n) is 6.97. The van der Waals surface area contributed by atoms with Gasteiger partial charge in [-0.25, -0.2) is 0 Å². The van der Waals surface area contributed by atoms with Gasteiger partial charge < -0.3 is 4.74 Å². The van der Waals surface area contributed by atoms with Gasteiger partial charge in [-0.2, -0.15) is 0 Å². The van der Waals surface area contributed by atoms with Gasteiger partial charge >= 0.3 is 5.97 Å². The summed E-state index contributed by atoms with van der Waals surface area (Å²) < 4.78 is 5.29. The van der Waals surface area contributed by atoms with Crippen molar-refractivity contribution in [2.75, 3.05) is 6.61 Å². The molecule has 2 fully saturated rings. The van der Waals surface area contributed by atoms with E-state index in [2.05, 4.69) is 32.9 Å². The summed E-state index contributed by atoms with van der Waals surface area (Å²) >= 11 is 0. The van der Waals surface area contributed by atoms with Crippen molar-refractivity contribution in [2.45, 2.75) is 40.0 Å². The second kappa shape index (κ2) is 3.37. The van der Waals surface area contributed by atoms with Crippen LogP contribution in [0.25, 0.3) is 0 Å². The Morgan fingerprint density at radius 2 is 2.00 bits per heavy atom. The van der Waals surface area contributed by atoms with Crippen LogP contribution in [0.2, 0.25) is 0 Å². The molecule has 1 aliphatic heterocycles. The van der Waals surface area contributed by atoms with E-state index in [1.54, 1.807) is 0 Å². The van der Waals surface area contributed by atoms with Gasteiger partial charge in [0.05, 0.1) is 12.5 Å². The van der Waals surface area contributed by atoms with E-state index in [0.717, 1.165) is 0 Å². The van der Waals surface area contributed by atoms with Crippen molar-refractivity contribution >= 4 is 5.97 Å². The summed E-state index contributed by atoms with van der Waals surface area (Å²) in [7, 11) is 0. The summed E-state index contributed by atoms with van der Waals surface area (Å²) in [5.41, 5.74) is 0.618. The monoisotopic (exact) mass is 234 g/mol. The molecule has 3 aliphatic rings. The summed E-state index contributed by atoms with van der Waals surface area (Å²) in [6.07, 6.45) is 8.25. The Bertz CT molecular complexity index is 382. The Labute approximate surface area is 103 Å². The van der Waals surface area contributed by atoms with Crippen LogP contribution in [0.15, 0.2) is 12.2 Å². The molecule has 0 radical (unpaired) electrons. The van der Waals surface area contributed by atoms with E-state index < -0.39 is 0 Å². The van der Waals surface area contributed by atoms with Crippen molar-refractivity contribution in [3.05, 3.63) is 12.2 Å². The first kappa shape index (κ1) is 11.3. The van der Waals surface area contributed by atoms with E-state index in [0.29, 0.717) is 23.9 Å². The van der Waals surface area contributed by atoms with E-state index in [-0.39, 0.29) is 17.3 Å². The summed E-state index contributed by atoms with van der Waals surface area (Å²) in [4.78, 5) is 11.7. The maximum absolute atomic E-state index is 11.7. The molecule has 0 aromatic heterocycles. The van der Waals surface area contributed by atoms with E-state index in [9.17, 15) is 4.79 Å². The topological polar surface area (TPSA) is 26.3 Å². The molecule has 1 saturated heterocycles. The molecule has 0 N–H and O–H groups in total. The lowest BCUT2D eigenvalue weighted by molar-refractivity contribution is -0.140. The van der Waals surface area contributed by atoms with Gasteiger partial charge in [0.25, 0.3) is 0 Å². The Kier molecular flexibility index (Phi) is 2.24. The zero-order chi connectivity index (χ0) is 12.3. The van der Waals surface area contributed by atoms with Crippen LogP contribution in [0.4, 0.5) is 0 Å². The molecule has 0 amide bonds. The van der Waals surface area contributed by atoms with Gasteiger partial charge in [0.1, 0.15) is 0 Å². The molecule has 17 heavy (non-hydrogen) atoms. The molecule has 0 spiro atoms. The number of carbonyl (C=O) groups is 1. The minimum absolute atomic E-state index is 0.00527. The standard InChI is InChI=1S/C15H22O2/c1-14(2)7-4-8-15(3)11-9-17-13(16)10(11)5-6-12(14)15/h5-6,10-12H,4,7-9H2,1-3H3. The van der Waals surface area contributed by atoms with Gasteiger partial charge in [0, 0.05) is 5.92 Å². The molecule has 4 unspecified atom stereocenters. The lowest BCUT2D eigenvalue weighted by Crippen LogP contribution is -2.49. The third-order valence-electron chi connectivity index (χ3n) is 5.56. The Morgan fingerprint density at radius 3 is 2.76 bits per heavy atom. The van der Waals surface area contributed by atoms with Crippen molar-refractivity contribution in [2.24, 2.45) is 28.6 Å². The number of hydrogen-bond acceptors (Lipinski definition) is 2. The third-order valence-corrected chi connectivity index (χ3v) is 5.56. The summed E-state index contributed by atoms with van der Waals surface area (Å²) in [5.74, 6) is 1.03. The molecule has 2 aliphatic carbocycles. The lowest BCUT2D eigenvalue weighted by Gasteiger charge is -2.54. The molecule has 0 aromatic carbocycles. The smallest absolute Gasteiger partial charge is 0.313 e. The van der Waals surface area contributed by atoms with Gasteiger partial charge in [0.2, 0.25) is 0 Å². The Morgan fingerprint density at radius 1 is 1.24 bits per heavy atom. The number of esters is 1. The molecular formula is C15H22O2. The van der Waals surface area contributed by atoms with Crippen molar-refractivity contribution < 1.29 is 9.53 Å². The van der Waals surface area contributed by atoms with Gasteiger partial charge in [-0.1, -0.05) is 39.3 Å². The fourth-order valence-corrected chi connectivity index (χ4v) is 4.61. The highest BCUT2D eigenvalue weighted by Crippen LogP contribution is 2.60. The molecular weight excluding hydrogens is 212 g/mol. The number of fused-ring (bicyclic) bond motifs is 3. The molecule has 3 rings (SSSR count). The number of carbonyl (C=O) groups excluding carboxylic acids is 1. The van der Waals surface area contributed by atoms with E-state index >= 15 is 0 Å². The lowest BCUT2D eigenvalue weighted by atomic mass is 9.49. The number of cyclic esters (lactones) is 1. The molecule has 1 saturated carbocycles. The SMILES string of the molecule is CC1(C)CCCC2(C)C3COC(=O)C3C=CC12. The quantitative estimate of drug-likeness (QED) is 0.475. The molecule has 94 valence electrons. The van der Waals surface area contributed by atoms with E-state index in [4.69, 9.17) is 4.74 Å². The molecule has 0 bridgehead atoms. The fourth-order valence-electron chi connectivity index (χ4n) is 4.61. The highest BCUT2D eigenvalue weighted by atomic mass is 16.5. The van der Waals surface area contributed by atoms with Gasteiger partial charge in [-0.15, -0.1) is 0 Å². The zero-order valence-corrected chi connectivity index (χ0v) is 11.0. The van der Waals surface area contributed by atoms with Crippen LogP contribution in [0.3, 0.4) is 0 Å². The van der Waals surface area contributed by atoms with Crippen LogP contribution in [0, 0.1) is 28.6 Å². The zero-order valence-electron chi connectivity index (χ0n) is 11.0. The molecule has 4 atom stereocenters. The number of allylic oxidation sites excluding steroid dienone is 1. The Balaban J connectivity index is 2.03. The predicted molar refractivity (Wildman–Crippen MR) is 66.3 cm³/mol. The number of ether oxygens (including phenoxy) is 1. The summed E-state index contributed by atoms with van der Waals surface area (Å²) in [6, 6.07) is 0. The molecule has 2 heteroatoms. The van der Waals surface area contributed by atoms with Gasteiger partial charge in [-0.05, 0) is 29.6 Å². The highest BCUT2D eigenvalue weighted by molar-refractivity contribution is 5.77. The van der Waals surface area contributed by atoms with Crippen molar-refractivity contribution in [3.8, 4) is 0 Å². The van der Waals surface area contributed by atoms with Crippen molar-refractivity contribution in [1.29, 1.82) is 0 Å². The van der Waals surface area contributed by atoms with Crippen LogP contribution in [-0.2, 0) is 9.53 Å². The maximum atomic E-state index is 11.7. The number of rotatable bonds is 0. The fraction of sp³-hybridized carbons (Fsp3) is 0.800. The summed E-state index contributed by atoms with van der Waals surface area (Å²) in [6.45, 7) is 7.76. The van der Waals surface area contributed by atoms with Crippen molar-refractivity contribution in [3.63, 3.8) is 0 Å². The van der Waals surface area contributed by atoms with Gasteiger partial charge in [0.15, 0.2) is 0 Å². The first-order valence-electron chi connectivity index (χ1n) is 6.80. The third kappa shape index (κ3) is 1.42. The van der Waals surface area contributed by atoms with E-state index in [1.807, 2.05) is 0 Å². The maximum Gasteiger partial charge on any atom is 0.313 e. The van der Waals surface area contributed by atoms with Gasteiger partial charge in [-0.3, -0.25) is 4.79 Å². The molecule has 2 nitrogen and oxygen atoms in total. The van der Waals surface area contributed by atoms with Crippen LogP contribution in [0.1, 0.15) is 40.0 Å². The average molecular weight is 234 g/mol. The average Bonchev–Trinajstić information content (AvgIpc) is 2.60. The van der Waals surface area contributed by atoms with E-state index in [1.165, 1.54) is 19.3 Å². The Hall–Kier alpha value is -0.790. The first-order valence-corrected chi connectivity index (χ1v) is 6.80. The largest absolute Gasteiger partial charge is 0.465 e. The predicted octanol–water partition coefficient (Wildman–Crippen LogP) is 3.18. The minimum atomic E-state index is -0.00527. The second-order valence-corrected chi connectivity index (χ2v) is 6.97. The minimum Gasteiger partial charge on any atom is -0.465 e. The normalized spacial score (nSPS) is 47.2. The number of hydrogen-bond donors (Lipinski definition) is 0. The van der Waals surface area contributed by atoms with Crippen molar-refractivity contribution in [1.82, 2.24) is 0 Å². The molecule has 0 aromatic rings. The van der Waals surface area contributed by atoms with Crippen LogP contribution < -0.4 is 0 Å². The van der Waals surface area contributed by atoms with Crippen LogP contribution in [-0.4, -0.2) is 12.6 Å². The van der Waals surface area contributed by atoms with Crippen LogP contribution >= 0.6 is 0 Å². The first-order chi connectivity index (χ1) is 7.95. The highest BCUT2D eigenvalue weighted by Gasteiger charge is 2.56. The summed E-state index contributed by atoms with van der Waals surface area (Å²) in [5, 5.41) is 0. The molecule has 1 heterocycles. The van der Waals surface area contributed by atoms with Crippen LogP contribution in [0.5, 0.6) is 0 Å².